The van der Waals surface area contributed by atoms with Crippen molar-refractivity contribution in [3.8, 4) is 11.3 Å². The van der Waals surface area contributed by atoms with Gasteiger partial charge in [-0.2, -0.15) is 13.2 Å². The van der Waals surface area contributed by atoms with Crippen molar-refractivity contribution in [2.24, 2.45) is 0 Å². The normalized spacial score (nSPS) is 12.6. The van der Waals surface area contributed by atoms with Crippen molar-refractivity contribution >= 4 is 5.91 Å². The molecule has 0 radical (unpaired) electrons. The summed E-state index contributed by atoms with van der Waals surface area (Å²) >= 11 is 0. The lowest BCUT2D eigenvalue weighted by Gasteiger charge is -2.13. The maximum Gasteiger partial charge on any atom is 0.416 e. The number of nitrogens with one attached hydrogen (secondary N) is 1. The minimum absolute atomic E-state index is 0.178. The Kier molecular flexibility index (Phi) is 4.98. The summed E-state index contributed by atoms with van der Waals surface area (Å²) in [6, 6.07) is 9.40. The first-order valence-corrected chi connectivity index (χ1v) is 8.13. The maximum absolute atomic E-state index is 12.7. The van der Waals surface area contributed by atoms with Crippen molar-refractivity contribution in [3.63, 3.8) is 0 Å². The van der Waals surface area contributed by atoms with E-state index < -0.39 is 17.6 Å². The molecule has 2 heterocycles. The Bertz CT molecular complexity index is 935. The second kappa shape index (κ2) is 7.22. The van der Waals surface area contributed by atoms with Gasteiger partial charge >= 0.3 is 6.18 Å². The molecule has 0 aliphatic heterocycles. The summed E-state index contributed by atoms with van der Waals surface area (Å²) < 4.78 is 43.3. The number of benzene rings is 1. The van der Waals surface area contributed by atoms with Crippen LogP contribution in [0.3, 0.4) is 0 Å². The minimum Gasteiger partial charge on any atom is -0.360 e. The molecular formula is C19H16F3N3O2. The topological polar surface area (TPSA) is 68.0 Å². The van der Waals surface area contributed by atoms with Gasteiger partial charge in [0.25, 0.3) is 5.91 Å². The number of rotatable bonds is 4. The van der Waals surface area contributed by atoms with Crippen LogP contribution in [0.4, 0.5) is 13.2 Å². The summed E-state index contributed by atoms with van der Waals surface area (Å²) in [7, 11) is 0. The molecule has 0 spiro atoms. The lowest BCUT2D eigenvalue weighted by Crippen LogP contribution is -2.27. The van der Waals surface area contributed by atoms with Crippen LogP contribution in [0.25, 0.3) is 11.3 Å². The van der Waals surface area contributed by atoms with Crippen LogP contribution in [0.5, 0.6) is 0 Å². The number of hydrogen-bond acceptors (Lipinski definition) is 4. The fourth-order valence-electron chi connectivity index (χ4n) is 2.63. The molecule has 0 saturated carbocycles. The van der Waals surface area contributed by atoms with E-state index in [-0.39, 0.29) is 23.1 Å². The number of nitrogens with zero attached hydrogens (tertiary/aromatic N) is 2. The van der Waals surface area contributed by atoms with E-state index in [1.165, 1.54) is 12.1 Å². The number of halogens is 3. The molecule has 27 heavy (non-hydrogen) atoms. The average Bonchev–Trinajstić information content (AvgIpc) is 3.03. The van der Waals surface area contributed by atoms with Crippen LogP contribution in [-0.2, 0) is 6.18 Å². The Morgan fingerprint density at radius 2 is 1.85 bits per heavy atom. The summed E-state index contributed by atoms with van der Waals surface area (Å²) in [6.07, 6.45) is -2.81. The van der Waals surface area contributed by atoms with E-state index in [9.17, 15) is 18.0 Å². The second-order valence-corrected chi connectivity index (χ2v) is 5.99. The van der Waals surface area contributed by atoms with Gasteiger partial charge in [0, 0.05) is 11.8 Å². The first kappa shape index (κ1) is 18.6. The van der Waals surface area contributed by atoms with E-state index in [0.29, 0.717) is 11.3 Å². The highest BCUT2D eigenvalue weighted by Crippen LogP contribution is 2.32. The molecule has 3 rings (SSSR count). The Balaban J connectivity index is 1.87. The largest absolute Gasteiger partial charge is 0.416 e. The Labute approximate surface area is 153 Å². The molecule has 0 fully saturated rings. The van der Waals surface area contributed by atoms with E-state index >= 15 is 0 Å². The molecule has 5 nitrogen and oxygen atoms in total. The lowest BCUT2D eigenvalue weighted by atomic mass is 10.0. The molecule has 140 valence electrons. The summed E-state index contributed by atoms with van der Waals surface area (Å²) in [5.74, 6) is -0.169. The Morgan fingerprint density at radius 1 is 1.15 bits per heavy atom. The van der Waals surface area contributed by atoms with Crippen molar-refractivity contribution < 1.29 is 22.5 Å². The quantitative estimate of drug-likeness (QED) is 0.726. The number of hydrogen-bond donors (Lipinski definition) is 1. The summed E-state index contributed by atoms with van der Waals surface area (Å²) in [4.78, 5) is 16.9. The number of alkyl halides is 3. The van der Waals surface area contributed by atoms with Gasteiger partial charge in [-0.1, -0.05) is 23.4 Å². The number of amides is 1. The smallest absolute Gasteiger partial charge is 0.360 e. The summed E-state index contributed by atoms with van der Waals surface area (Å²) in [5.41, 5.74) is 0.622. The minimum atomic E-state index is -4.43. The van der Waals surface area contributed by atoms with Gasteiger partial charge in [-0.25, -0.2) is 0 Å². The van der Waals surface area contributed by atoms with Gasteiger partial charge in [0.05, 0.1) is 17.3 Å². The van der Waals surface area contributed by atoms with E-state index in [0.717, 1.165) is 12.1 Å². The number of pyridine rings is 1. The van der Waals surface area contributed by atoms with Gasteiger partial charge in [0.1, 0.15) is 17.0 Å². The highest BCUT2D eigenvalue weighted by molar-refractivity contribution is 6.00. The predicted octanol–water partition coefficient (Wildman–Crippen LogP) is 4.55. The maximum atomic E-state index is 12.7. The molecule has 1 amide bonds. The standard InChI is InChI=1S/C19H16F3N3O2/c1-11(15-5-3-4-10-23-15)24-18(26)16-12(2)27-25-17(16)13-6-8-14(9-7-13)19(20,21)22/h3-11H,1-2H3,(H,24,26). The van der Waals surface area contributed by atoms with Crippen LogP contribution in [0, 0.1) is 6.92 Å². The number of carbonyl (C=O) groups is 1. The predicted molar refractivity (Wildman–Crippen MR) is 91.8 cm³/mol. The van der Waals surface area contributed by atoms with E-state index in [4.69, 9.17) is 4.52 Å². The van der Waals surface area contributed by atoms with Crippen molar-refractivity contribution in [2.75, 3.05) is 0 Å². The molecule has 8 heteroatoms. The number of carbonyl (C=O) groups excluding carboxylic acids is 1. The third-order valence-electron chi connectivity index (χ3n) is 4.05. The first-order valence-electron chi connectivity index (χ1n) is 8.13. The second-order valence-electron chi connectivity index (χ2n) is 5.99. The van der Waals surface area contributed by atoms with Crippen molar-refractivity contribution in [2.45, 2.75) is 26.1 Å². The third kappa shape index (κ3) is 3.99. The molecule has 1 unspecified atom stereocenters. The zero-order chi connectivity index (χ0) is 19.6. The van der Waals surface area contributed by atoms with Crippen molar-refractivity contribution in [1.82, 2.24) is 15.5 Å². The van der Waals surface area contributed by atoms with E-state index in [2.05, 4.69) is 15.5 Å². The molecule has 2 aromatic heterocycles. The molecule has 0 bridgehead atoms. The van der Waals surface area contributed by atoms with Gasteiger partial charge in [-0.15, -0.1) is 0 Å². The van der Waals surface area contributed by atoms with Gasteiger partial charge in [-0.05, 0) is 38.1 Å². The van der Waals surface area contributed by atoms with Gasteiger partial charge in [-0.3, -0.25) is 9.78 Å². The highest BCUT2D eigenvalue weighted by Gasteiger charge is 2.30. The monoisotopic (exact) mass is 375 g/mol. The zero-order valence-corrected chi connectivity index (χ0v) is 14.5. The van der Waals surface area contributed by atoms with Crippen molar-refractivity contribution in [1.29, 1.82) is 0 Å². The molecule has 1 N–H and O–H groups in total. The van der Waals surface area contributed by atoms with Crippen LogP contribution in [0.1, 0.15) is 40.3 Å². The molecule has 0 aliphatic carbocycles. The fraction of sp³-hybridized carbons (Fsp3) is 0.211. The van der Waals surface area contributed by atoms with E-state index in [1.807, 2.05) is 6.07 Å². The Morgan fingerprint density at radius 3 is 2.44 bits per heavy atom. The lowest BCUT2D eigenvalue weighted by molar-refractivity contribution is -0.137. The zero-order valence-electron chi connectivity index (χ0n) is 14.5. The van der Waals surface area contributed by atoms with Crippen LogP contribution in [0.2, 0.25) is 0 Å². The average molecular weight is 375 g/mol. The van der Waals surface area contributed by atoms with E-state index in [1.54, 1.807) is 32.2 Å². The molecule has 1 aromatic carbocycles. The summed E-state index contributed by atoms with van der Waals surface area (Å²) in [6.45, 7) is 3.35. The van der Waals surface area contributed by atoms with Crippen LogP contribution >= 0.6 is 0 Å². The first-order chi connectivity index (χ1) is 12.8. The van der Waals surface area contributed by atoms with Gasteiger partial charge in [0.2, 0.25) is 0 Å². The molecular weight excluding hydrogens is 359 g/mol. The van der Waals surface area contributed by atoms with Crippen LogP contribution in [0.15, 0.2) is 53.2 Å². The van der Waals surface area contributed by atoms with Gasteiger partial charge < -0.3 is 9.84 Å². The highest BCUT2D eigenvalue weighted by atomic mass is 19.4. The molecule has 3 aromatic rings. The molecule has 0 saturated heterocycles. The number of aromatic nitrogens is 2. The Hall–Kier alpha value is -3.16. The van der Waals surface area contributed by atoms with Crippen LogP contribution < -0.4 is 5.32 Å². The number of aryl methyl sites for hydroxylation is 1. The van der Waals surface area contributed by atoms with Gasteiger partial charge in [0.15, 0.2) is 0 Å². The SMILES string of the molecule is Cc1onc(-c2ccc(C(F)(F)F)cc2)c1C(=O)NC(C)c1ccccn1. The third-order valence-corrected chi connectivity index (χ3v) is 4.05. The molecule has 1 atom stereocenters. The fourth-order valence-corrected chi connectivity index (χ4v) is 2.63. The van der Waals surface area contributed by atoms with Crippen LogP contribution in [-0.4, -0.2) is 16.0 Å². The summed E-state index contributed by atoms with van der Waals surface area (Å²) in [5, 5.41) is 6.65. The molecule has 0 aliphatic rings. The van der Waals surface area contributed by atoms with Crippen molar-refractivity contribution in [3.05, 3.63) is 71.2 Å².